The van der Waals surface area contributed by atoms with Gasteiger partial charge in [-0.1, -0.05) is 24.3 Å². The second-order valence-electron chi connectivity index (χ2n) is 5.05. The largest absolute Gasteiger partial charge is 0.376 e. The van der Waals surface area contributed by atoms with Crippen molar-refractivity contribution in [3.63, 3.8) is 0 Å². The zero-order chi connectivity index (χ0) is 14.4. The summed E-state index contributed by atoms with van der Waals surface area (Å²) < 4.78 is 5.50. The summed E-state index contributed by atoms with van der Waals surface area (Å²) in [6.45, 7) is 9.05. The van der Waals surface area contributed by atoms with Gasteiger partial charge in [-0.05, 0) is 19.1 Å². The number of nitrogens with zero attached hydrogens (tertiary/aromatic N) is 2. The third kappa shape index (κ3) is 3.92. The Balaban J connectivity index is 2.02. The van der Waals surface area contributed by atoms with Gasteiger partial charge in [-0.25, -0.2) is 0 Å². The van der Waals surface area contributed by atoms with Crippen molar-refractivity contribution in [2.75, 3.05) is 37.7 Å². The fourth-order valence-corrected chi connectivity index (χ4v) is 2.40. The molecule has 1 aromatic rings. The Morgan fingerprint density at radius 2 is 2.25 bits per heavy atom. The molecule has 1 heterocycles. The maximum atomic E-state index is 12.5. The summed E-state index contributed by atoms with van der Waals surface area (Å²) >= 11 is 0. The zero-order valence-corrected chi connectivity index (χ0v) is 12.0. The first-order chi connectivity index (χ1) is 9.70. The van der Waals surface area contributed by atoms with Crippen LogP contribution in [0, 0.1) is 0 Å². The highest BCUT2D eigenvalue weighted by atomic mass is 16.5. The van der Waals surface area contributed by atoms with Gasteiger partial charge >= 0.3 is 0 Å². The van der Waals surface area contributed by atoms with E-state index in [4.69, 9.17) is 4.74 Å². The number of amides is 1. The van der Waals surface area contributed by atoms with Gasteiger partial charge in [-0.2, -0.15) is 0 Å². The molecule has 0 spiro atoms. The minimum absolute atomic E-state index is 0.102. The summed E-state index contributed by atoms with van der Waals surface area (Å²) in [7, 11) is 0. The molecule has 2 rings (SSSR count). The Morgan fingerprint density at radius 1 is 1.50 bits per heavy atom. The molecule has 108 valence electrons. The van der Waals surface area contributed by atoms with Crippen LogP contribution in [0.1, 0.15) is 6.92 Å². The second kappa shape index (κ2) is 7.22. The smallest absolute Gasteiger partial charge is 0.241 e. The van der Waals surface area contributed by atoms with Gasteiger partial charge in [0, 0.05) is 25.3 Å². The van der Waals surface area contributed by atoms with Gasteiger partial charge in [0.1, 0.15) is 0 Å². The van der Waals surface area contributed by atoms with E-state index in [1.807, 2.05) is 37.3 Å². The number of hydrogen-bond acceptors (Lipinski definition) is 3. The minimum Gasteiger partial charge on any atom is -0.376 e. The first kappa shape index (κ1) is 14.8. The first-order valence-electron chi connectivity index (χ1n) is 7.01. The van der Waals surface area contributed by atoms with Gasteiger partial charge in [-0.3, -0.25) is 9.69 Å². The van der Waals surface area contributed by atoms with Crippen LogP contribution >= 0.6 is 0 Å². The molecule has 4 heteroatoms. The molecule has 1 unspecified atom stereocenters. The van der Waals surface area contributed by atoms with Crippen molar-refractivity contribution in [1.29, 1.82) is 0 Å². The third-order valence-corrected chi connectivity index (χ3v) is 3.36. The molecule has 1 fully saturated rings. The molecule has 1 aliphatic heterocycles. The lowest BCUT2D eigenvalue weighted by atomic mass is 10.2. The Morgan fingerprint density at radius 3 is 2.90 bits per heavy atom. The normalized spacial score (nSPS) is 19.6. The highest BCUT2D eigenvalue weighted by molar-refractivity contribution is 5.95. The van der Waals surface area contributed by atoms with Crippen LogP contribution in [-0.4, -0.2) is 49.7 Å². The maximum absolute atomic E-state index is 12.5. The van der Waals surface area contributed by atoms with Gasteiger partial charge in [-0.15, -0.1) is 6.58 Å². The van der Waals surface area contributed by atoms with E-state index >= 15 is 0 Å². The highest BCUT2D eigenvalue weighted by Gasteiger charge is 2.22. The van der Waals surface area contributed by atoms with Gasteiger partial charge in [0.15, 0.2) is 0 Å². The molecule has 0 aliphatic carbocycles. The second-order valence-corrected chi connectivity index (χ2v) is 5.05. The maximum Gasteiger partial charge on any atom is 0.241 e. The van der Waals surface area contributed by atoms with Gasteiger partial charge in [0.25, 0.3) is 0 Å². The number of carbonyl (C=O) groups excluding carboxylic acids is 1. The molecule has 0 N–H and O–H groups in total. The van der Waals surface area contributed by atoms with Crippen LogP contribution in [0.15, 0.2) is 43.0 Å². The lowest BCUT2D eigenvalue weighted by Gasteiger charge is -2.32. The van der Waals surface area contributed by atoms with Crippen LogP contribution in [0.25, 0.3) is 0 Å². The average molecular weight is 274 g/mol. The van der Waals surface area contributed by atoms with E-state index < -0.39 is 0 Å². The van der Waals surface area contributed by atoms with E-state index in [0.717, 1.165) is 18.8 Å². The van der Waals surface area contributed by atoms with Gasteiger partial charge < -0.3 is 9.64 Å². The number of hydrogen-bond donors (Lipinski definition) is 0. The van der Waals surface area contributed by atoms with E-state index in [0.29, 0.717) is 19.7 Å². The molecule has 0 bridgehead atoms. The van der Waals surface area contributed by atoms with E-state index in [9.17, 15) is 4.79 Å². The van der Waals surface area contributed by atoms with Crippen molar-refractivity contribution < 1.29 is 9.53 Å². The van der Waals surface area contributed by atoms with E-state index in [2.05, 4.69) is 11.5 Å². The molecule has 0 radical (unpaired) electrons. The van der Waals surface area contributed by atoms with Crippen molar-refractivity contribution in [3.05, 3.63) is 43.0 Å². The lowest BCUT2D eigenvalue weighted by molar-refractivity contribution is -0.121. The van der Waals surface area contributed by atoms with Crippen LogP contribution in [0.2, 0.25) is 0 Å². The topological polar surface area (TPSA) is 32.8 Å². The molecule has 1 saturated heterocycles. The van der Waals surface area contributed by atoms with Crippen LogP contribution in [0.4, 0.5) is 5.69 Å². The highest BCUT2D eigenvalue weighted by Crippen LogP contribution is 2.14. The summed E-state index contributed by atoms with van der Waals surface area (Å²) in [5.74, 6) is 0.102. The summed E-state index contributed by atoms with van der Waals surface area (Å²) in [4.78, 5) is 16.4. The quantitative estimate of drug-likeness (QED) is 0.769. The summed E-state index contributed by atoms with van der Waals surface area (Å²) in [6.07, 6.45) is 1.95. The Bertz CT molecular complexity index is 447. The minimum atomic E-state index is 0.102. The molecule has 1 aromatic carbocycles. The molecule has 1 amide bonds. The van der Waals surface area contributed by atoms with Gasteiger partial charge in [0.2, 0.25) is 5.91 Å². The lowest BCUT2D eigenvalue weighted by Crippen LogP contribution is -2.47. The van der Waals surface area contributed by atoms with Crippen molar-refractivity contribution >= 4 is 11.6 Å². The first-order valence-corrected chi connectivity index (χ1v) is 7.01. The summed E-state index contributed by atoms with van der Waals surface area (Å²) in [5.41, 5.74) is 0.915. The number of anilines is 1. The SMILES string of the molecule is C=CCN(C(=O)CN1CCOC(C)C1)c1ccccc1. The van der Waals surface area contributed by atoms with Crippen molar-refractivity contribution in [2.24, 2.45) is 0 Å². The number of morpholine rings is 1. The molecule has 20 heavy (non-hydrogen) atoms. The Hall–Kier alpha value is -1.65. The predicted molar refractivity (Wildman–Crippen MR) is 80.8 cm³/mol. The molecular weight excluding hydrogens is 252 g/mol. The molecule has 4 nitrogen and oxygen atoms in total. The van der Waals surface area contributed by atoms with E-state index in [1.165, 1.54) is 0 Å². The fraction of sp³-hybridized carbons (Fsp3) is 0.438. The number of ether oxygens (including phenoxy) is 1. The number of para-hydroxylation sites is 1. The molecule has 1 aliphatic rings. The van der Waals surface area contributed by atoms with Crippen molar-refractivity contribution in [2.45, 2.75) is 13.0 Å². The molecule has 1 atom stereocenters. The number of rotatable bonds is 5. The monoisotopic (exact) mass is 274 g/mol. The van der Waals surface area contributed by atoms with Crippen LogP contribution in [0.5, 0.6) is 0 Å². The summed E-state index contributed by atoms with van der Waals surface area (Å²) in [5, 5.41) is 0. The summed E-state index contributed by atoms with van der Waals surface area (Å²) in [6, 6.07) is 9.72. The molecular formula is C16H22N2O2. The van der Waals surface area contributed by atoms with Crippen molar-refractivity contribution in [1.82, 2.24) is 4.90 Å². The molecule has 0 aromatic heterocycles. The Labute approximate surface area is 120 Å². The van der Waals surface area contributed by atoms with Crippen LogP contribution in [-0.2, 0) is 9.53 Å². The number of benzene rings is 1. The zero-order valence-electron chi connectivity index (χ0n) is 12.0. The fourth-order valence-electron chi connectivity index (χ4n) is 2.40. The standard InChI is InChI=1S/C16H22N2O2/c1-3-9-18(15-7-5-4-6-8-15)16(19)13-17-10-11-20-14(2)12-17/h3-8,14H,1,9-13H2,2H3. The van der Waals surface area contributed by atoms with Crippen molar-refractivity contribution in [3.8, 4) is 0 Å². The van der Waals surface area contributed by atoms with Gasteiger partial charge in [0.05, 0.1) is 19.3 Å². The van der Waals surface area contributed by atoms with Crippen LogP contribution < -0.4 is 4.90 Å². The average Bonchev–Trinajstić information content (AvgIpc) is 2.45. The van der Waals surface area contributed by atoms with E-state index in [1.54, 1.807) is 11.0 Å². The van der Waals surface area contributed by atoms with E-state index in [-0.39, 0.29) is 12.0 Å². The Kier molecular flexibility index (Phi) is 5.32. The van der Waals surface area contributed by atoms with Crippen LogP contribution in [0.3, 0.4) is 0 Å². The molecule has 0 saturated carbocycles. The number of carbonyl (C=O) groups is 1. The third-order valence-electron chi connectivity index (χ3n) is 3.36. The predicted octanol–water partition coefficient (Wildman–Crippen LogP) is 1.93.